The average molecular weight is 441 g/mol. The number of hydrogen-bond donors (Lipinski definition) is 1. The van der Waals surface area contributed by atoms with Crippen molar-refractivity contribution in [1.82, 2.24) is 4.98 Å². The van der Waals surface area contributed by atoms with E-state index in [9.17, 15) is 24.8 Å². The predicted molar refractivity (Wildman–Crippen MR) is 113 cm³/mol. The molecule has 1 atom stereocenters. The van der Waals surface area contributed by atoms with Gasteiger partial charge in [0.05, 0.1) is 27.1 Å². The Kier molecular flexibility index (Phi) is 4.96. The van der Waals surface area contributed by atoms with Crippen molar-refractivity contribution in [1.29, 1.82) is 0 Å². The zero-order valence-electron chi connectivity index (χ0n) is 15.9. The fourth-order valence-electron chi connectivity index (χ4n) is 3.23. The van der Waals surface area contributed by atoms with Crippen LogP contribution in [0, 0.1) is 24.0 Å². The number of Topliss-reactive ketones (excluding diaryl/α,β-unsaturated/α-hetero) is 1. The molecule has 0 saturated heterocycles. The number of anilines is 1. The van der Waals surface area contributed by atoms with Crippen LogP contribution in [0.25, 0.3) is 0 Å². The summed E-state index contributed by atoms with van der Waals surface area (Å²) < 4.78 is 0. The van der Waals surface area contributed by atoms with E-state index in [2.05, 4.69) is 4.98 Å². The van der Waals surface area contributed by atoms with Gasteiger partial charge in [-0.2, -0.15) is 0 Å². The second-order valence-corrected chi connectivity index (χ2v) is 8.76. The van der Waals surface area contributed by atoms with Crippen molar-refractivity contribution in [3.8, 4) is 0 Å². The number of aromatic nitrogens is 1. The summed E-state index contributed by atoms with van der Waals surface area (Å²) in [6.45, 7) is 3.67. The standard InChI is InChI=1S/C20H15N3O5S2/c1-10-11(2)30-20(21-10)22-16(12-5-7-13(8-6-12)23(27)28)15(18(25)19(22)26)17(24)14-4-3-9-29-14/h3-9,16,25H,1-2H3/t16-/m1/s1. The maximum Gasteiger partial charge on any atom is 0.296 e. The first-order valence-corrected chi connectivity index (χ1v) is 10.5. The highest BCUT2D eigenvalue weighted by Gasteiger charge is 2.46. The van der Waals surface area contributed by atoms with E-state index in [1.807, 2.05) is 13.8 Å². The minimum absolute atomic E-state index is 0.0678. The van der Waals surface area contributed by atoms with Crippen LogP contribution in [-0.4, -0.2) is 26.7 Å². The minimum Gasteiger partial charge on any atom is -0.503 e. The Morgan fingerprint density at radius 3 is 2.47 bits per heavy atom. The van der Waals surface area contributed by atoms with Crippen LogP contribution < -0.4 is 4.90 Å². The number of aliphatic hydroxyl groups excluding tert-OH is 1. The SMILES string of the molecule is Cc1nc(N2C(=O)C(O)=C(C(=O)c3cccs3)[C@H]2c2ccc([N+](=O)[O-])cc2)sc1C. The normalized spacial score (nSPS) is 16.4. The molecule has 1 aromatic carbocycles. The molecule has 30 heavy (non-hydrogen) atoms. The zero-order chi connectivity index (χ0) is 21.6. The van der Waals surface area contributed by atoms with Gasteiger partial charge >= 0.3 is 0 Å². The Balaban J connectivity index is 1.88. The van der Waals surface area contributed by atoms with E-state index >= 15 is 0 Å². The maximum atomic E-state index is 13.2. The Bertz CT molecular complexity index is 1180. The number of nitro benzene ring substituents is 1. The highest BCUT2D eigenvalue weighted by molar-refractivity contribution is 7.16. The summed E-state index contributed by atoms with van der Waals surface area (Å²) in [5.41, 5.74) is 1.02. The molecule has 0 radical (unpaired) electrons. The lowest BCUT2D eigenvalue weighted by Gasteiger charge is -2.24. The van der Waals surface area contributed by atoms with Crippen LogP contribution in [0.4, 0.5) is 10.8 Å². The number of carbonyl (C=O) groups excluding carboxylic acids is 2. The molecular weight excluding hydrogens is 426 g/mol. The molecular formula is C20H15N3O5S2. The molecule has 3 aromatic rings. The lowest BCUT2D eigenvalue weighted by Crippen LogP contribution is -2.31. The van der Waals surface area contributed by atoms with Crippen molar-refractivity contribution in [3.05, 3.63) is 84.2 Å². The van der Waals surface area contributed by atoms with Gasteiger partial charge in [0.2, 0.25) is 5.78 Å². The van der Waals surface area contributed by atoms with Crippen molar-refractivity contribution in [2.75, 3.05) is 4.90 Å². The smallest absolute Gasteiger partial charge is 0.296 e. The molecule has 0 unspecified atom stereocenters. The Morgan fingerprint density at radius 2 is 1.93 bits per heavy atom. The van der Waals surface area contributed by atoms with Crippen molar-refractivity contribution in [3.63, 3.8) is 0 Å². The molecule has 0 bridgehead atoms. The van der Waals surface area contributed by atoms with E-state index in [0.29, 0.717) is 15.6 Å². The van der Waals surface area contributed by atoms with Gasteiger partial charge in [0.25, 0.3) is 11.6 Å². The number of aliphatic hydroxyl groups is 1. The second kappa shape index (κ2) is 7.47. The molecule has 8 nitrogen and oxygen atoms in total. The molecule has 152 valence electrons. The third-order valence-electron chi connectivity index (χ3n) is 4.84. The lowest BCUT2D eigenvalue weighted by atomic mass is 9.95. The van der Waals surface area contributed by atoms with Crippen LogP contribution >= 0.6 is 22.7 Å². The molecule has 0 spiro atoms. The summed E-state index contributed by atoms with van der Waals surface area (Å²) in [4.78, 5) is 43.6. The van der Waals surface area contributed by atoms with Crippen molar-refractivity contribution >= 4 is 45.2 Å². The summed E-state index contributed by atoms with van der Waals surface area (Å²) in [7, 11) is 0. The third kappa shape index (κ3) is 3.19. The Labute approximate surface area is 178 Å². The first-order chi connectivity index (χ1) is 14.3. The number of hydrogen-bond acceptors (Lipinski definition) is 8. The van der Waals surface area contributed by atoms with Gasteiger partial charge in [0.15, 0.2) is 10.9 Å². The van der Waals surface area contributed by atoms with E-state index in [4.69, 9.17) is 0 Å². The van der Waals surface area contributed by atoms with E-state index in [-0.39, 0.29) is 11.3 Å². The van der Waals surface area contributed by atoms with Gasteiger partial charge < -0.3 is 5.11 Å². The molecule has 4 rings (SSSR count). The highest BCUT2D eigenvalue weighted by Crippen LogP contribution is 2.44. The van der Waals surface area contributed by atoms with Crippen molar-refractivity contribution in [2.45, 2.75) is 19.9 Å². The van der Waals surface area contributed by atoms with Gasteiger partial charge in [-0.05, 0) is 43.0 Å². The van der Waals surface area contributed by atoms with E-state index < -0.39 is 28.4 Å². The predicted octanol–water partition coefficient (Wildman–Crippen LogP) is 4.51. The first kappa shape index (κ1) is 19.9. The molecule has 1 aliphatic heterocycles. The Hall–Kier alpha value is -3.37. The number of thiazole rings is 1. The number of amides is 1. The quantitative estimate of drug-likeness (QED) is 0.354. The number of ketones is 1. The Morgan fingerprint density at radius 1 is 1.23 bits per heavy atom. The number of nitro groups is 1. The van der Waals surface area contributed by atoms with Gasteiger partial charge in [-0.3, -0.25) is 24.6 Å². The van der Waals surface area contributed by atoms with Crippen LogP contribution in [-0.2, 0) is 4.79 Å². The topological polar surface area (TPSA) is 114 Å². The van der Waals surface area contributed by atoms with Gasteiger partial charge in [-0.15, -0.1) is 22.7 Å². The largest absolute Gasteiger partial charge is 0.503 e. The number of nitrogens with zero attached hydrogens (tertiary/aromatic N) is 3. The van der Waals surface area contributed by atoms with Gasteiger partial charge in [-0.25, -0.2) is 4.98 Å². The second-order valence-electron chi connectivity index (χ2n) is 6.63. The van der Waals surface area contributed by atoms with Crippen molar-refractivity contribution < 1.29 is 19.6 Å². The molecule has 1 N–H and O–H groups in total. The molecule has 0 saturated carbocycles. The first-order valence-electron chi connectivity index (χ1n) is 8.83. The maximum absolute atomic E-state index is 13.2. The molecule has 1 amide bonds. The van der Waals surface area contributed by atoms with Crippen LogP contribution in [0.1, 0.15) is 31.8 Å². The molecule has 0 aliphatic carbocycles. The van der Waals surface area contributed by atoms with E-state index in [0.717, 1.165) is 10.6 Å². The average Bonchev–Trinajstić information content (AvgIpc) is 3.42. The lowest BCUT2D eigenvalue weighted by molar-refractivity contribution is -0.384. The number of benzene rings is 1. The fraction of sp³-hybridized carbons (Fsp3) is 0.150. The zero-order valence-corrected chi connectivity index (χ0v) is 17.5. The number of non-ortho nitro benzene ring substituents is 1. The summed E-state index contributed by atoms with van der Waals surface area (Å²) in [5, 5.41) is 23.7. The number of thiophene rings is 1. The minimum atomic E-state index is -0.946. The summed E-state index contributed by atoms with van der Waals surface area (Å²) in [6.07, 6.45) is 0. The number of rotatable bonds is 5. The molecule has 10 heteroatoms. The number of carbonyl (C=O) groups is 2. The summed E-state index contributed by atoms with van der Waals surface area (Å²) in [5.74, 6) is -1.83. The van der Waals surface area contributed by atoms with Crippen LogP contribution in [0.15, 0.2) is 53.1 Å². The third-order valence-corrected chi connectivity index (χ3v) is 6.78. The van der Waals surface area contributed by atoms with Crippen LogP contribution in [0.2, 0.25) is 0 Å². The highest BCUT2D eigenvalue weighted by atomic mass is 32.1. The molecule has 2 aromatic heterocycles. The van der Waals surface area contributed by atoms with Crippen LogP contribution in [0.5, 0.6) is 0 Å². The molecule has 0 fully saturated rings. The fourth-order valence-corrected chi connectivity index (χ4v) is 4.84. The summed E-state index contributed by atoms with van der Waals surface area (Å²) in [6, 6.07) is 7.95. The van der Waals surface area contributed by atoms with E-state index in [1.165, 1.54) is 51.8 Å². The molecule has 3 heterocycles. The van der Waals surface area contributed by atoms with Gasteiger partial charge in [0, 0.05) is 17.0 Å². The van der Waals surface area contributed by atoms with Gasteiger partial charge in [0.1, 0.15) is 0 Å². The summed E-state index contributed by atoms with van der Waals surface area (Å²) >= 11 is 2.48. The van der Waals surface area contributed by atoms with Crippen LogP contribution in [0.3, 0.4) is 0 Å². The van der Waals surface area contributed by atoms with E-state index in [1.54, 1.807) is 17.5 Å². The van der Waals surface area contributed by atoms with Gasteiger partial charge in [-0.1, -0.05) is 6.07 Å². The number of aryl methyl sites for hydroxylation is 2. The van der Waals surface area contributed by atoms with Crippen molar-refractivity contribution in [2.24, 2.45) is 0 Å². The molecule has 1 aliphatic rings. The monoisotopic (exact) mass is 441 g/mol.